The smallest absolute Gasteiger partial charge is 0.272 e. The number of carbonyl (C=O) groups is 2. The van der Waals surface area contributed by atoms with Crippen molar-refractivity contribution >= 4 is 23.2 Å². The zero-order chi connectivity index (χ0) is 23.5. The lowest BCUT2D eigenvalue weighted by Gasteiger charge is -2.22. The number of aryl methyl sites for hydroxylation is 1. The van der Waals surface area contributed by atoms with E-state index in [-0.39, 0.29) is 5.56 Å². The molecule has 7 heteroatoms. The highest BCUT2D eigenvalue weighted by atomic mass is 19.1. The van der Waals surface area contributed by atoms with Crippen molar-refractivity contribution in [1.82, 2.24) is 5.32 Å². The summed E-state index contributed by atoms with van der Waals surface area (Å²) in [6.45, 7) is 1.98. The van der Waals surface area contributed by atoms with Crippen LogP contribution in [-0.4, -0.2) is 36.8 Å². The van der Waals surface area contributed by atoms with Crippen LogP contribution in [0.3, 0.4) is 0 Å². The molecule has 0 saturated carbocycles. The highest BCUT2D eigenvalue weighted by Crippen LogP contribution is 2.28. The minimum atomic E-state index is -1.24. The van der Waals surface area contributed by atoms with Gasteiger partial charge in [-0.15, -0.1) is 0 Å². The summed E-state index contributed by atoms with van der Waals surface area (Å²) in [5.41, 5.74) is 9.86. The monoisotopic (exact) mass is 444 g/mol. The highest BCUT2D eigenvalue weighted by Gasteiger charge is 2.32. The molecule has 0 saturated heterocycles. The Bertz CT molecular complexity index is 1220. The number of benzodiazepines with no additional fused rings is 1. The topological polar surface area (TPSA) is 87.8 Å². The van der Waals surface area contributed by atoms with E-state index in [1.165, 1.54) is 11.0 Å². The lowest BCUT2D eigenvalue weighted by atomic mass is 10.00. The molecule has 33 heavy (non-hydrogen) atoms. The van der Waals surface area contributed by atoms with Crippen molar-refractivity contribution in [2.75, 3.05) is 11.9 Å². The van der Waals surface area contributed by atoms with Gasteiger partial charge in [0.1, 0.15) is 5.82 Å². The quantitative estimate of drug-likeness (QED) is 0.634. The Morgan fingerprint density at radius 1 is 1.06 bits per heavy atom. The molecule has 1 unspecified atom stereocenters. The summed E-state index contributed by atoms with van der Waals surface area (Å²) in [6.07, 6.45) is -0.930. The first-order valence-electron chi connectivity index (χ1n) is 10.7. The maximum Gasteiger partial charge on any atom is 0.272 e. The average molecular weight is 445 g/mol. The number of amides is 2. The lowest BCUT2D eigenvalue weighted by molar-refractivity contribution is -0.128. The number of hydrogen-bond donors (Lipinski definition) is 2. The average Bonchev–Trinajstić information content (AvgIpc) is 2.91. The molecule has 168 valence electrons. The van der Waals surface area contributed by atoms with E-state index in [1.807, 2.05) is 31.2 Å². The number of para-hydroxylation sites is 1. The zero-order valence-electron chi connectivity index (χ0n) is 18.5. The summed E-state index contributed by atoms with van der Waals surface area (Å²) in [7, 11) is 1.60. The van der Waals surface area contributed by atoms with Crippen LogP contribution in [0.25, 0.3) is 0 Å². The first-order valence-corrected chi connectivity index (χ1v) is 10.7. The second-order valence-electron chi connectivity index (χ2n) is 8.08. The van der Waals surface area contributed by atoms with Crippen molar-refractivity contribution < 1.29 is 14.0 Å². The molecule has 3 aromatic carbocycles. The van der Waals surface area contributed by atoms with E-state index in [4.69, 9.17) is 5.73 Å². The maximum absolute atomic E-state index is 14.7. The van der Waals surface area contributed by atoms with Crippen molar-refractivity contribution in [2.45, 2.75) is 25.6 Å². The number of nitrogens with two attached hydrogens (primary N) is 1. The van der Waals surface area contributed by atoms with E-state index >= 15 is 0 Å². The Hall–Kier alpha value is -3.84. The van der Waals surface area contributed by atoms with Gasteiger partial charge in [-0.2, -0.15) is 0 Å². The standard InChI is InChI=1S/C26H25FN4O2/c1-16-11-13-17(14-12-16)15-21(28)25(32)30-24-26(33)31(2)22-10-6-4-8-19(22)23(29-24)18-7-3-5-9-20(18)27/h3-14,21,24H,15,28H2,1-2H3,(H,30,32)/t21-,24?/m1/s1. The predicted octanol–water partition coefficient (Wildman–Crippen LogP) is 2.96. The van der Waals surface area contributed by atoms with Crippen molar-refractivity contribution in [2.24, 2.45) is 10.7 Å². The van der Waals surface area contributed by atoms with Crippen LogP contribution in [0.1, 0.15) is 22.3 Å². The van der Waals surface area contributed by atoms with E-state index < -0.39 is 29.8 Å². The lowest BCUT2D eigenvalue weighted by Crippen LogP contribution is -2.51. The first kappa shape index (κ1) is 22.4. The van der Waals surface area contributed by atoms with Gasteiger partial charge in [-0.1, -0.05) is 60.2 Å². The molecule has 2 atom stereocenters. The number of carbonyl (C=O) groups excluding carboxylic acids is 2. The molecule has 0 aliphatic carbocycles. The fraction of sp³-hybridized carbons (Fsp3) is 0.192. The third-order valence-corrected chi connectivity index (χ3v) is 5.66. The summed E-state index contributed by atoms with van der Waals surface area (Å²) in [4.78, 5) is 32.0. The van der Waals surface area contributed by atoms with Gasteiger partial charge in [0.05, 0.1) is 17.4 Å². The van der Waals surface area contributed by atoms with Crippen LogP contribution in [0.5, 0.6) is 0 Å². The van der Waals surface area contributed by atoms with Crippen LogP contribution in [0.15, 0.2) is 77.8 Å². The third-order valence-electron chi connectivity index (χ3n) is 5.66. The molecular formula is C26H25FN4O2. The number of nitrogens with zero attached hydrogens (tertiary/aromatic N) is 2. The molecule has 0 radical (unpaired) electrons. The first-order chi connectivity index (χ1) is 15.8. The molecule has 2 amide bonds. The van der Waals surface area contributed by atoms with Crippen molar-refractivity contribution in [3.8, 4) is 0 Å². The SMILES string of the molecule is Cc1ccc(C[C@@H](N)C(=O)NC2N=C(c3ccccc3F)c3ccccc3N(C)C2=O)cc1. The van der Waals surface area contributed by atoms with E-state index in [0.717, 1.165) is 11.1 Å². The number of halogens is 1. The van der Waals surface area contributed by atoms with E-state index in [9.17, 15) is 14.0 Å². The van der Waals surface area contributed by atoms with Crippen LogP contribution in [0, 0.1) is 12.7 Å². The molecule has 6 nitrogen and oxygen atoms in total. The summed E-state index contributed by atoms with van der Waals surface area (Å²) in [6, 6.07) is 20.2. The van der Waals surface area contributed by atoms with Gasteiger partial charge in [0.25, 0.3) is 5.91 Å². The number of aliphatic imine (C=N–C) groups is 1. The van der Waals surface area contributed by atoms with Crippen molar-refractivity contribution in [1.29, 1.82) is 0 Å². The number of hydrogen-bond acceptors (Lipinski definition) is 4. The molecule has 0 spiro atoms. The Balaban J connectivity index is 1.66. The van der Waals surface area contributed by atoms with Crippen LogP contribution >= 0.6 is 0 Å². The van der Waals surface area contributed by atoms with Gasteiger partial charge in [-0.05, 0) is 37.1 Å². The fourth-order valence-electron chi connectivity index (χ4n) is 3.80. The largest absolute Gasteiger partial charge is 0.325 e. The van der Waals surface area contributed by atoms with Gasteiger partial charge in [0.2, 0.25) is 12.1 Å². The number of likely N-dealkylation sites (N-methyl/N-ethyl adjacent to an activating group) is 1. The summed E-state index contributed by atoms with van der Waals surface area (Å²) >= 11 is 0. The normalized spacial score (nSPS) is 16.5. The maximum atomic E-state index is 14.7. The minimum Gasteiger partial charge on any atom is -0.325 e. The predicted molar refractivity (Wildman–Crippen MR) is 127 cm³/mol. The third kappa shape index (κ3) is 4.68. The van der Waals surface area contributed by atoms with E-state index in [2.05, 4.69) is 10.3 Å². The Labute approximate surface area is 191 Å². The van der Waals surface area contributed by atoms with Crippen LogP contribution < -0.4 is 16.0 Å². The number of fused-ring (bicyclic) bond motifs is 1. The van der Waals surface area contributed by atoms with Crippen LogP contribution in [-0.2, 0) is 16.0 Å². The van der Waals surface area contributed by atoms with E-state index in [0.29, 0.717) is 23.4 Å². The summed E-state index contributed by atoms with van der Waals surface area (Å²) < 4.78 is 14.7. The van der Waals surface area contributed by atoms with Gasteiger partial charge >= 0.3 is 0 Å². The van der Waals surface area contributed by atoms with Gasteiger partial charge in [-0.25, -0.2) is 9.38 Å². The summed E-state index contributed by atoms with van der Waals surface area (Å²) in [5, 5.41) is 2.66. The minimum absolute atomic E-state index is 0.247. The molecule has 0 fully saturated rings. The van der Waals surface area contributed by atoms with Gasteiger partial charge in [0.15, 0.2) is 0 Å². The Morgan fingerprint density at radius 3 is 2.39 bits per heavy atom. The second-order valence-corrected chi connectivity index (χ2v) is 8.08. The summed E-state index contributed by atoms with van der Waals surface area (Å²) in [5.74, 6) is -1.42. The van der Waals surface area contributed by atoms with Gasteiger partial charge in [-0.3, -0.25) is 9.59 Å². The molecule has 1 aliphatic heterocycles. The Kier molecular flexibility index (Phi) is 6.33. The fourth-order valence-corrected chi connectivity index (χ4v) is 3.80. The zero-order valence-corrected chi connectivity index (χ0v) is 18.5. The molecule has 0 bridgehead atoms. The molecular weight excluding hydrogens is 419 g/mol. The Morgan fingerprint density at radius 2 is 1.70 bits per heavy atom. The van der Waals surface area contributed by atoms with Gasteiger partial charge < -0.3 is 16.0 Å². The molecule has 4 rings (SSSR count). The van der Waals surface area contributed by atoms with E-state index in [1.54, 1.807) is 49.5 Å². The number of anilines is 1. The van der Waals surface area contributed by atoms with Crippen LogP contribution in [0.2, 0.25) is 0 Å². The highest BCUT2D eigenvalue weighted by molar-refractivity contribution is 6.20. The second kappa shape index (κ2) is 9.34. The molecule has 3 aromatic rings. The molecule has 1 aliphatic rings. The molecule has 0 aromatic heterocycles. The van der Waals surface area contributed by atoms with Gasteiger partial charge in [0, 0.05) is 18.2 Å². The van der Waals surface area contributed by atoms with Crippen molar-refractivity contribution in [3.05, 3.63) is 101 Å². The van der Waals surface area contributed by atoms with Crippen LogP contribution in [0.4, 0.5) is 10.1 Å². The van der Waals surface area contributed by atoms with Crippen molar-refractivity contribution in [3.63, 3.8) is 0 Å². The molecule has 3 N–H and O–H groups in total. The number of rotatable bonds is 5. The number of nitrogens with one attached hydrogen (secondary N) is 1. The molecule has 1 heterocycles. The number of benzene rings is 3.